The minimum Gasteiger partial charge on any atom is -0.345 e. The average Bonchev–Trinajstić information content (AvgIpc) is 3.11. The molecule has 1 aliphatic heterocycles. The minimum absolute atomic E-state index is 0.132. The summed E-state index contributed by atoms with van der Waals surface area (Å²) in [5, 5.41) is 2.82. The molecule has 1 atom stereocenters. The predicted octanol–water partition coefficient (Wildman–Crippen LogP) is 2.00. The highest BCUT2D eigenvalue weighted by Crippen LogP contribution is 2.25. The van der Waals surface area contributed by atoms with E-state index in [2.05, 4.69) is 27.2 Å². The number of carbonyl (C=O) groups is 2. The summed E-state index contributed by atoms with van der Waals surface area (Å²) in [5.41, 5.74) is 1.89. The molecule has 0 saturated carbocycles. The molecule has 0 radical (unpaired) electrons. The monoisotopic (exact) mass is 370 g/mol. The summed E-state index contributed by atoms with van der Waals surface area (Å²) in [5.74, 6) is 0.657. The van der Waals surface area contributed by atoms with Gasteiger partial charge in [-0.25, -0.2) is 4.98 Å². The third kappa shape index (κ3) is 4.32. The van der Waals surface area contributed by atoms with Gasteiger partial charge in [0.15, 0.2) is 0 Å². The topological polar surface area (TPSA) is 93.0 Å². The van der Waals surface area contributed by atoms with E-state index in [0.29, 0.717) is 37.4 Å². The highest BCUT2D eigenvalue weighted by Gasteiger charge is 2.30. The number of unbranched alkanes of at least 4 members (excludes halogenated alkanes) is 1. The zero-order valence-electron chi connectivity index (χ0n) is 16.1. The van der Waals surface area contributed by atoms with Crippen LogP contribution in [0.25, 0.3) is 0 Å². The van der Waals surface area contributed by atoms with Gasteiger partial charge in [-0.15, -0.1) is 0 Å². The van der Waals surface area contributed by atoms with Gasteiger partial charge in [0.25, 0.3) is 5.91 Å². The van der Waals surface area contributed by atoms with Crippen molar-refractivity contribution in [3.8, 4) is 0 Å². The summed E-state index contributed by atoms with van der Waals surface area (Å²) >= 11 is 0. The number of carbonyl (C=O) groups excluding carboxylic acids is 2. The van der Waals surface area contributed by atoms with Gasteiger partial charge in [-0.2, -0.15) is 0 Å². The van der Waals surface area contributed by atoms with Gasteiger partial charge in [0.1, 0.15) is 11.5 Å². The van der Waals surface area contributed by atoms with Crippen LogP contribution in [-0.2, 0) is 17.9 Å². The molecular formula is C19H26N6O2. The predicted molar refractivity (Wildman–Crippen MR) is 99.8 cm³/mol. The van der Waals surface area contributed by atoms with Gasteiger partial charge in [0.2, 0.25) is 5.91 Å². The molecular weight excluding hydrogens is 344 g/mol. The molecule has 8 nitrogen and oxygen atoms in total. The Balaban J connectivity index is 1.65. The highest BCUT2D eigenvalue weighted by molar-refractivity contribution is 5.92. The van der Waals surface area contributed by atoms with Crippen LogP contribution >= 0.6 is 0 Å². The number of aryl methyl sites for hydroxylation is 1. The van der Waals surface area contributed by atoms with Crippen molar-refractivity contribution < 1.29 is 9.59 Å². The molecule has 144 valence electrons. The molecule has 0 fully saturated rings. The van der Waals surface area contributed by atoms with Gasteiger partial charge in [-0.05, 0) is 20.3 Å². The van der Waals surface area contributed by atoms with E-state index < -0.39 is 0 Å². The zero-order chi connectivity index (χ0) is 19.4. The van der Waals surface area contributed by atoms with Gasteiger partial charge in [0.05, 0.1) is 30.2 Å². The summed E-state index contributed by atoms with van der Waals surface area (Å²) in [4.78, 5) is 39.6. The lowest BCUT2D eigenvalue weighted by Gasteiger charge is -2.33. The molecule has 1 aliphatic rings. The average molecular weight is 370 g/mol. The molecule has 2 aromatic heterocycles. The third-order valence-electron chi connectivity index (χ3n) is 4.79. The quantitative estimate of drug-likeness (QED) is 0.839. The summed E-state index contributed by atoms with van der Waals surface area (Å²) < 4.78 is 1.97. The van der Waals surface area contributed by atoms with E-state index >= 15 is 0 Å². The summed E-state index contributed by atoms with van der Waals surface area (Å²) in [6.45, 7) is 7.50. The second kappa shape index (κ2) is 8.28. The number of nitrogens with one attached hydrogen (secondary N) is 1. The van der Waals surface area contributed by atoms with Gasteiger partial charge in [-0.1, -0.05) is 13.3 Å². The maximum atomic E-state index is 12.5. The number of aromatic nitrogens is 4. The van der Waals surface area contributed by atoms with Crippen molar-refractivity contribution in [3.63, 3.8) is 0 Å². The summed E-state index contributed by atoms with van der Waals surface area (Å²) in [6, 6.07) is -0.132. The number of nitrogens with zero attached hydrogens (tertiary/aromatic N) is 5. The van der Waals surface area contributed by atoms with E-state index in [0.717, 1.165) is 24.4 Å². The number of amides is 2. The molecule has 2 amide bonds. The first-order valence-electron chi connectivity index (χ1n) is 9.41. The van der Waals surface area contributed by atoms with Crippen LogP contribution in [0.2, 0.25) is 0 Å². The fraction of sp³-hybridized carbons (Fsp3) is 0.526. The zero-order valence-corrected chi connectivity index (χ0v) is 16.1. The van der Waals surface area contributed by atoms with Gasteiger partial charge < -0.3 is 14.8 Å². The fourth-order valence-electron chi connectivity index (χ4n) is 3.18. The largest absolute Gasteiger partial charge is 0.345 e. The first-order chi connectivity index (χ1) is 13.0. The van der Waals surface area contributed by atoms with Crippen molar-refractivity contribution in [1.82, 2.24) is 29.7 Å². The molecule has 0 unspecified atom stereocenters. The van der Waals surface area contributed by atoms with Crippen molar-refractivity contribution in [2.45, 2.75) is 59.2 Å². The Hall–Kier alpha value is -2.77. The van der Waals surface area contributed by atoms with Crippen LogP contribution in [-0.4, -0.2) is 42.8 Å². The van der Waals surface area contributed by atoms with E-state index in [1.807, 2.05) is 23.3 Å². The van der Waals surface area contributed by atoms with Crippen molar-refractivity contribution in [2.75, 3.05) is 6.54 Å². The van der Waals surface area contributed by atoms with E-state index in [1.54, 1.807) is 18.6 Å². The lowest BCUT2D eigenvalue weighted by molar-refractivity contribution is -0.134. The van der Waals surface area contributed by atoms with E-state index in [4.69, 9.17) is 0 Å². The fourth-order valence-corrected chi connectivity index (χ4v) is 3.18. The number of rotatable bonds is 6. The molecule has 0 bridgehead atoms. The SMILES string of the molecule is CCCCC(=O)N1CCn2cc(C(=O)NCc3cnc(C)cn3)nc2[C@@H]1C. The second-order valence-corrected chi connectivity index (χ2v) is 6.88. The molecule has 0 saturated heterocycles. The highest BCUT2D eigenvalue weighted by atomic mass is 16.2. The van der Waals surface area contributed by atoms with Crippen molar-refractivity contribution in [1.29, 1.82) is 0 Å². The first-order valence-corrected chi connectivity index (χ1v) is 9.41. The Bertz CT molecular complexity index is 814. The van der Waals surface area contributed by atoms with Gasteiger partial charge >= 0.3 is 0 Å². The number of fused-ring (bicyclic) bond motifs is 1. The Labute approximate surface area is 159 Å². The molecule has 8 heteroatoms. The molecule has 3 heterocycles. The van der Waals surface area contributed by atoms with Crippen LogP contribution in [0.5, 0.6) is 0 Å². The van der Waals surface area contributed by atoms with Crippen LogP contribution in [0.15, 0.2) is 18.6 Å². The van der Waals surface area contributed by atoms with Crippen LogP contribution in [0.4, 0.5) is 0 Å². The molecule has 2 aromatic rings. The second-order valence-electron chi connectivity index (χ2n) is 6.88. The molecule has 3 rings (SSSR count). The van der Waals surface area contributed by atoms with E-state index in [9.17, 15) is 9.59 Å². The van der Waals surface area contributed by atoms with Crippen LogP contribution in [0.3, 0.4) is 0 Å². The summed E-state index contributed by atoms with van der Waals surface area (Å²) in [6.07, 6.45) is 7.53. The molecule has 27 heavy (non-hydrogen) atoms. The molecule has 0 spiro atoms. The lowest BCUT2D eigenvalue weighted by Crippen LogP contribution is -2.41. The molecule has 0 aliphatic carbocycles. The van der Waals surface area contributed by atoms with Crippen LogP contribution in [0.1, 0.15) is 66.9 Å². The number of imidazole rings is 1. The molecule has 1 N–H and O–H groups in total. The van der Waals surface area contributed by atoms with Crippen LogP contribution < -0.4 is 5.32 Å². The minimum atomic E-state index is -0.254. The number of hydrogen-bond acceptors (Lipinski definition) is 5. The first kappa shape index (κ1) is 19.0. The van der Waals surface area contributed by atoms with Crippen molar-refractivity contribution >= 4 is 11.8 Å². The normalized spacial score (nSPS) is 16.1. The van der Waals surface area contributed by atoms with Crippen molar-refractivity contribution in [2.24, 2.45) is 0 Å². The standard InChI is InChI=1S/C19H26N6O2/c1-4-5-6-17(26)25-8-7-24-12-16(23-18(24)14(25)3)19(27)22-11-15-10-20-13(2)9-21-15/h9-10,12,14H,4-8,11H2,1-3H3,(H,22,27)/t14-/m0/s1. The Morgan fingerprint density at radius 3 is 2.78 bits per heavy atom. The number of hydrogen-bond donors (Lipinski definition) is 1. The lowest BCUT2D eigenvalue weighted by atomic mass is 10.1. The van der Waals surface area contributed by atoms with Gasteiger partial charge in [0, 0.05) is 31.9 Å². The summed E-state index contributed by atoms with van der Waals surface area (Å²) in [7, 11) is 0. The molecule has 0 aromatic carbocycles. The Morgan fingerprint density at radius 1 is 1.26 bits per heavy atom. The van der Waals surface area contributed by atoms with Crippen LogP contribution in [0, 0.1) is 6.92 Å². The van der Waals surface area contributed by atoms with E-state index in [-0.39, 0.29) is 17.9 Å². The Kier molecular flexibility index (Phi) is 5.83. The maximum absolute atomic E-state index is 12.5. The smallest absolute Gasteiger partial charge is 0.271 e. The van der Waals surface area contributed by atoms with Gasteiger partial charge in [-0.3, -0.25) is 19.6 Å². The Morgan fingerprint density at radius 2 is 2.07 bits per heavy atom. The third-order valence-corrected chi connectivity index (χ3v) is 4.79. The van der Waals surface area contributed by atoms with Crippen molar-refractivity contribution in [3.05, 3.63) is 41.5 Å². The van der Waals surface area contributed by atoms with E-state index in [1.165, 1.54) is 0 Å². The maximum Gasteiger partial charge on any atom is 0.271 e.